The van der Waals surface area contributed by atoms with E-state index >= 15 is 0 Å². The molecule has 10 atom stereocenters. The number of fused-ring (bicyclic) bond motifs is 14. The molecule has 4 aliphatic heterocycles. The van der Waals surface area contributed by atoms with Crippen molar-refractivity contribution in [3.63, 3.8) is 0 Å². The summed E-state index contributed by atoms with van der Waals surface area (Å²) in [4.78, 5) is 0. The molecule has 12 heteroatoms. The molecule has 5 fully saturated rings. The maximum atomic E-state index is 8.40. The first-order valence-electron chi connectivity index (χ1n) is 30.9. The monoisotopic (exact) mass is 1090 g/mol. The average molecular weight is 1100 g/mol. The Morgan fingerprint density at radius 1 is 0.388 bits per heavy atom. The largest absolute Gasteiger partial charge is 0.490 e. The topological polar surface area (TPSA) is 111 Å². The van der Waals surface area contributed by atoms with Gasteiger partial charge in [-0.15, -0.1) is 5.73 Å². The lowest BCUT2D eigenvalue weighted by atomic mass is 9.52. The smallest absolute Gasteiger partial charge is 0.161 e. The number of hydrogen-bond acceptors (Lipinski definition) is 12. The Hall–Kier alpha value is -5.36. The molecule has 4 heterocycles. The molecule has 0 N–H and O–H groups in total. The lowest BCUT2D eigenvalue weighted by Crippen LogP contribution is -2.60. The third-order valence-electron chi connectivity index (χ3n) is 19.7. The summed E-state index contributed by atoms with van der Waals surface area (Å²) in [5.41, 5.74) is 3.76. The van der Waals surface area contributed by atoms with Crippen LogP contribution in [0, 0.1) is 41.4 Å². The highest BCUT2D eigenvalue weighted by molar-refractivity contribution is 5.42. The molecule has 6 bridgehead atoms. The summed E-state index contributed by atoms with van der Waals surface area (Å²) in [7, 11) is 0. The van der Waals surface area contributed by atoms with Gasteiger partial charge < -0.3 is 56.8 Å². The van der Waals surface area contributed by atoms with Crippen LogP contribution < -0.4 is 37.9 Å². The standard InChI is InChI=1S/C68H86O12/c1-2-5-19-53-48-50(16-4-1)54-30-31-56-57(33-32-55(54)68(53)49-78-65-27-15-14-26-64(65)76-45-41-70-40-44-75-62-24-12-13-25-63(62)77-46-47-79-68)67-35-37-72-59-21-9-11-23-61(59)74-43-39-69-38-42-73-60-22-10-8-20-58(60)71-36-34-66(56,80-67)51-17-6-3-7-18-52(67)29-28-51/h6,8-15,20-27,50,52-57H,1-5,7,16,18-19,28-49H2/t17?,50?,52-,53-,54?,55+,56+,57-,66+,67?,68?/m0/s1. The summed E-state index contributed by atoms with van der Waals surface area (Å²) >= 11 is 0. The molecular weight excluding hydrogens is 1010 g/mol. The van der Waals surface area contributed by atoms with Gasteiger partial charge in [0, 0.05) is 18.4 Å². The molecule has 12 nitrogen and oxygen atoms in total. The minimum Gasteiger partial charge on any atom is -0.490 e. The molecule has 430 valence electrons. The van der Waals surface area contributed by atoms with Crippen molar-refractivity contribution in [2.75, 3.05) is 85.9 Å². The molecule has 2 saturated heterocycles. The molecule has 0 radical (unpaired) electrons. The fourth-order valence-electron chi connectivity index (χ4n) is 16.3. The van der Waals surface area contributed by atoms with Crippen molar-refractivity contribution in [3.8, 4) is 46.0 Å². The van der Waals surface area contributed by atoms with E-state index in [4.69, 9.17) is 56.8 Å². The number of benzene rings is 4. The Morgan fingerprint density at radius 2 is 0.875 bits per heavy atom. The van der Waals surface area contributed by atoms with Gasteiger partial charge in [0.1, 0.15) is 50.8 Å². The fraction of sp³-hybridized carbons (Fsp3) is 0.603. The molecular formula is C68H86O12. The summed E-state index contributed by atoms with van der Waals surface area (Å²) < 4.78 is 81.4. The van der Waals surface area contributed by atoms with Crippen LogP contribution in [0.25, 0.3) is 0 Å². The van der Waals surface area contributed by atoms with Crippen molar-refractivity contribution in [1.29, 1.82) is 0 Å². The molecule has 8 aliphatic rings. The van der Waals surface area contributed by atoms with Crippen LogP contribution in [-0.4, -0.2) is 103 Å². The molecule has 12 rings (SSSR count). The van der Waals surface area contributed by atoms with Crippen molar-refractivity contribution < 1.29 is 56.8 Å². The van der Waals surface area contributed by atoms with E-state index in [1.165, 1.54) is 37.7 Å². The van der Waals surface area contributed by atoms with Crippen LogP contribution >= 0.6 is 0 Å². The maximum Gasteiger partial charge on any atom is 0.161 e. The number of ether oxygens (including phenoxy) is 12. The SMILES string of the molecule is C1=CCCC[C@H]2CCC=1[C@@]13CCOc4ccccc4OCCOCCOc4ccccc4OCCC2(O1)[C@H]1CC[C@@H]2C(CC[C@H]13)C1CCCCCC[C@@H](C1)C21COc2ccccc2OCCOCCOc2ccccc2OCCO1. The summed E-state index contributed by atoms with van der Waals surface area (Å²) in [6.45, 7) is 5.59. The molecule has 4 aliphatic carbocycles. The molecule has 3 saturated carbocycles. The average Bonchev–Trinajstić information content (AvgIpc) is 3.88. The summed E-state index contributed by atoms with van der Waals surface area (Å²) in [6, 6.07) is 32.3. The highest BCUT2D eigenvalue weighted by atomic mass is 16.6. The quantitative estimate of drug-likeness (QED) is 0.156. The van der Waals surface area contributed by atoms with Crippen molar-refractivity contribution in [2.24, 2.45) is 41.4 Å². The van der Waals surface area contributed by atoms with Crippen LogP contribution in [0.2, 0.25) is 0 Å². The zero-order valence-electron chi connectivity index (χ0n) is 47.2. The van der Waals surface area contributed by atoms with Crippen molar-refractivity contribution in [3.05, 3.63) is 114 Å². The van der Waals surface area contributed by atoms with Gasteiger partial charge in [0.05, 0.1) is 51.8 Å². The Balaban J connectivity index is 0.942. The first-order chi connectivity index (χ1) is 39.6. The number of para-hydroxylation sites is 8. The zero-order chi connectivity index (χ0) is 53.9. The highest BCUT2D eigenvalue weighted by Crippen LogP contribution is 2.66. The summed E-state index contributed by atoms with van der Waals surface area (Å²) in [6.07, 6.45) is 21.8. The highest BCUT2D eigenvalue weighted by Gasteiger charge is 2.68. The Bertz CT molecular complexity index is 2700. The van der Waals surface area contributed by atoms with E-state index in [2.05, 4.69) is 23.9 Å². The predicted octanol–water partition coefficient (Wildman–Crippen LogP) is 13.6. The van der Waals surface area contributed by atoms with E-state index in [9.17, 15) is 0 Å². The molecule has 80 heavy (non-hydrogen) atoms. The second-order valence-electron chi connectivity index (χ2n) is 23.8. The molecule has 0 amide bonds. The van der Waals surface area contributed by atoms with Crippen LogP contribution in [0.4, 0.5) is 0 Å². The van der Waals surface area contributed by atoms with E-state index in [0.29, 0.717) is 121 Å². The first-order valence-corrected chi connectivity index (χ1v) is 30.9. The lowest BCUT2D eigenvalue weighted by molar-refractivity contribution is -0.203. The van der Waals surface area contributed by atoms with Crippen LogP contribution in [0.1, 0.15) is 116 Å². The fourth-order valence-corrected chi connectivity index (χ4v) is 16.3. The number of hydrogen-bond donors (Lipinski definition) is 0. The van der Waals surface area contributed by atoms with Gasteiger partial charge in [0.25, 0.3) is 0 Å². The van der Waals surface area contributed by atoms with Gasteiger partial charge >= 0.3 is 0 Å². The summed E-state index contributed by atoms with van der Waals surface area (Å²) in [5.74, 6) is 8.28. The van der Waals surface area contributed by atoms with E-state index in [-0.39, 0.29) is 17.8 Å². The zero-order valence-corrected chi connectivity index (χ0v) is 47.2. The van der Waals surface area contributed by atoms with Gasteiger partial charge in [-0.2, -0.15) is 0 Å². The van der Waals surface area contributed by atoms with Crippen LogP contribution in [0.5, 0.6) is 46.0 Å². The predicted molar refractivity (Wildman–Crippen MR) is 306 cm³/mol. The first kappa shape index (κ1) is 55.2. The van der Waals surface area contributed by atoms with Gasteiger partial charge in [-0.05, 0) is 167 Å². The van der Waals surface area contributed by atoms with Crippen molar-refractivity contribution >= 4 is 0 Å². The normalized spacial score (nSPS) is 32.9. The Kier molecular flexibility index (Phi) is 18.1. The minimum absolute atomic E-state index is 0.236. The lowest BCUT2D eigenvalue weighted by Gasteiger charge is -2.57. The third kappa shape index (κ3) is 11.9. The maximum absolute atomic E-state index is 8.40. The Labute approximate surface area is 475 Å². The van der Waals surface area contributed by atoms with E-state index in [1.54, 1.807) is 0 Å². The van der Waals surface area contributed by atoms with Gasteiger partial charge in [-0.1, -0.05) is 80.6 Å². The van der Waals surface area contributed by atoms with Gasteiger partial charge in [0.15, 0.2) is 46.0 Å². The molecule has 1 spiro atoms. The van der Waals surface area contributed by atoms with Gasteiger partial charge in [-0.3, -0.25) is 0 Å². The Morgan fingerprint density at radius 3 is 1.46 bits per heavy atom. The second-order valence-corrected chi connectivity index (χ2v) is 23.8. The number of rotatable bonds is 0. The second kappa shape index (κ2) is 26.3. The minimum atomic E-state index is -0.589. The third-order valence-corrected chi connectivity index (χ3v) is 19.7. The molecule has 0 aromatic heterocycles. The van der Waals surface area contributed by atoms with Crippen molar-refractivity contribution in [2.45, 2.75) is 132 Å². The molecule has 4 aromatic carbocycles. The molecule has 4 unspecified atom stereocenters. The van der Waals surface area contributed by atoms with Crippen LogP contribution in [0.3, 0.4) is 0 Å². The summed E-state index contributed by atoms with van der Waals surface area (Å²) in [5, 5.41) is 0. The van der Waals surface area contributed by atoms with Crippen LogP contribution in [-0.2, 0) is 18.9 Å². The molecule has 4 aromatic rings. The van der Waals surface area contributed by atoms with Gasteiger partial charge in [0.2, 0.25) is 0 Å². The van der Waals surface area contributed by atoms with Crippen LogP contribution in [0.15, 0.2) is 114 Å². The van der Waals surface area contributed by atoms with E-state index < -0.39 is 16.8 Å². The van der Waals surface area contributed by atoms with Gasteiger partial charge in [-0.25, -0.2) is 0 Å². The van der Waals surface area contributed by atoms with E-state index in [1.807, 2.05) is 84.9 Å². The van der Waals surface area contributed by atoms with Crippen molar-refractivity contribution in [1.82, 2.24) is 0 Å². The van der Waals surface area contributed by atoms with E-state index in [0.717, 1.165) is 118 Å².